The number of halogens is 29. The van der Waals surface area contributed by atoms with Crippen LogP contribution in [0.4, 0.5) is 127 Å². The molecule has 0 aliphatic carbocycles. The molecule has 0 amide bonds. The molecule has 0 aromatic carbocycles. The SMILES string of the molecule is FC(F)(F)CC(CC(F)(F)F)CC(F)(F)F.FC(F)(F)CCC(CCC(F)(F)F)CC(F)(F)C(F)(F)F.FC(F)(F)CCCC(CCCC(F)(F)F)CCCC(F)(F)F. The molecule has 0 atom stereocenters. The van der Waals surface area contributed by atoms with E-state index in [-0.39, 0.29) is 38.5 Å². The Kier molecular flexibility index (Phi) is 24.9. The van der Waals surface area contributed by atoms with Crippen molar-refractivity contribution in [2.75, 3.05) is 0 Å². The lowest BCUT2D eigenvalue weighted by Crippen LogP contribution is -2.38. The zero-order chi connectivity index (χ0) is 47.8. The topological polar surface area (TPSA) is 0 Å². The Morgan fingerprint density at radius 3 is 0.644 bits per heavy atom. The fourth-order valence-corrected chi connectivity index (χ4v) is 4.97. The van der Waals surface area contributed by atoms with E-state index in [1.54, 1.807) is 0 Å². The van der Waals surface area contributed by atoms with Crippen LogP contribution < -0.4 is 0 Å². The highest BCUT2D eigenvalue weighted by Gasteiger charge is 2.58. The molecule has 0 rings (SSSR count). The van der Waals surface area contributed by atoms with Gasteiger partial charge in [0.2, 0.25) is 0 Å². The lowest BCUT2D eigenvalue weighted by molar-refractivity contribution is -0.289. The summed E-state index contributed by atoms with van der Waals surface area (Å²) in [5.41, 5.74) is 0. The first-order chi connectivity index (χ1) is 25.6. The summed E-state index contributed by atoms with van der Waals surface area (Å²) >= 11 is 0. The van der Waals surface area contributed by atoms with Crippen molar-refractivity contribution in [3.8, 4) is 0 Å². The maximum atomic E-state index is 12.7. The van der Waals surface area contributed by atoms with Crippen LogP contribution in [0.5, 0.6) is 0 Å². The Balaban J connectivity index is -0.000000808. The molecule has 0 aromatic heterocycles. The lowest BCUT2D eigenvalue weighted by Gasteiger charge is -2.25. The fraction of sp³-hybridized carbons (Fsp3) is 1.00. The van der Waals surface area contributed by atoms with Crippen LogP contribution in [0.25, 0.3) is 0 Å². The Hall–Kier alpha value is -2.03. The van der Waals surface area contributed by atoms with E-state index in [0.29, 0.717) is 0 Å². The molecular formula is C30H37F29. The lowest BCUT2D eigenvalue weighted by atomic mass is 9.90. The molecule has 0 heterocycles. The molecule has 0 N–H and O–H groups in total. The van der Waals surface area contributed by atoms with E-state index in [9.17, 15) is 127 Å². The molecule has 0 saturated carbocycles. The Labute approximate surface area is 316 Å². The second-order valence-electron chi connectivity index (χ2n) is 13.3. The van der Waals surface area contributed by atoms with Crippen LogP contribution in [0.1, 0.15) is 109 Å². The van der Waals surface area contributed by atoms with Gasteiger partial charge in [0.25, 0.3) is 0 Å². The molecular weight excluding hydrogens is 911 g/mol. The van der Waals surface area contributed by atoms with Crippen LogP contribution in [0.3, 0.4) is 0 Å². The largest absolute Gasteiger partial charge is 0.453 e. The second-order valence-corrected chi connectivity index (χ2v) is 13.3. The molecule has 0 unspecified atom stereocenters. The van der Waals surface area contributed by atoms with Crippen molar-refractivity contribution in [2.45, 2.75) is 171 Å². The standard InChI is InChI=1S/C13H19F9.C10H11F11.C7H7F9/c14-11(15,16)7-1-4-10(5-2-8-12(17,18)19)6-3-9-13(20,21)22;11-7(12,10(19,20)21)5-6(1-3-8(13,14)15)2-4-9(16,17)18;8-5(9,10)1-4(2-6(11,12)13)3-7(14,15)16/h10H,1-9H2;6H,1-5H2;4H,1-3H2. The summed E-state index contributed by atoms with van der Waals surface area (Å²) in [6.07, 6.45) is -62.2. The number of hydrogen-bond donors (Lipinski definition) is 0. The van der Waals surface area contributed by atoms with Crippen LogP contribution in [0.15, 0.2) is 0 Å². The first-order valence-corrected chi connectivity index (χ1v) is 16.6. The Bertz CT molecular complexity index is 971. The normalized spacial score (nSPS) is 14.4. The van der Waals surface area contributed by atoms with E-state index in [1.807, 2.05) is 0 Å². The summed E-state index contributed by atoms with van der Waals surface area (Å²) < 4.78 is 347. The van der Waals surface area contributed by atoms with Crippen LogP contribution in [-0.4, -0.2) is 61.5 Å². The van der Waals surface area contributed by atoms with Crippen molar-refractivity contribution >= 4 is 0 Å². The van der Waals surface area contributed by atoms with Gasteiger partial charge in [-0.3, -0.25) is 0 Å². The van der Waals surface area contributed by atoms with Gasteiger partial charge in [-0.1, -0.05) is 19.3 Å². The van der Waals surface area contributed by atoms with Crippen molar-refractivity contribution in [1.82, 2.24) is 0 Å². The molecule has 0 spiro atoms. The van der Waals surface area contributed by atoms with Crippen LogP contribution >= 0.6 is 0 Å². The smallest absolute Gasteiger partial charge is 0.196 e. The van der Waals surface area contributed by atoms with Crippen LogP contribution in [0.2, 0.25) is 0 Å². The summed E-state index contributed by atoms with van der Waals surface area (Å²) in [5, 5.41) is 0. The van der Waals surface area contributed by atoms with Crippen molar-refractivity contribution in [1.29, 1.82) is 0 Å². The van der Waals surface area contributed by atoms with Crippen molar-refractivity contribution in [3.63, 3.8) is 0 Å². The third kappa shape index (κ3) is 45.3. The van der Waals surface area contributed by atoms with Crippen molar-refractivity contribution in [3.05, 3.63) is 0 Å². The minimum atomic E-state index is -6.01. The maximum Gasteiger partial charge on any atom is 0.453 e. The first kappa shape index (κ1) is 61.3. The van der Waals surface area contributed by atoms with Gasteiger partial charge in [0.15, 0.2) is 0 Å². The van der Waals surface area contributed by atoms with Gasteiger partial charge in [-0.2, -0.15) is 127 Å². The highest BCUT2D eigenvalue weighted by molar-refractivity contribution is 4.80. The van der Waals surface area contributed by atoms with Crippen LogP contribution in [0, 0.1) is 17.8 Å². The summed E-state index contributed by atoms with van der Waals surface area (Å²) in [6.45, 7) is 0. The van der Waals surface area contributed by atoms with E-state index in [4.69, 9.17) is 0 Å². The van der Waals surface area contributed by atoms with Gasteiger partial charge in [0.1, 0.15) is 0 Å². The van der Waals surface area contributed by atoms with Gasteiger partial charge in [0.05, 0.1) is 0 Å². The molecule has 0 saturated heterocycles. The molecule has 0 nitrogen and oxygen atoms in total. The van der Waals surface area contributed by atoms with Gasteiger partial charge in [-0.05, 0) is 49.9 Å². The summed E-state index contributed by atoms with van der Waals surface area (Å²) in [4.78, 5) is 0. The molecule has 59 heavy (non-hydrogen) atoms. The number of rotatable bonds is 18. The summed E-state index contributed by atoms with van der Waals surface area (Å²) in [5.74, 6) is -10.4. The van der Waals surface area contributed by atoms with E-state index in [1.165, 1.54) is 0 Å². The molecule has 360 valence electrons. The molecule has 0 aromatic rings. The highest BCUT2D eigenvalue weighted by Crippen LogP contribution is 2.44. The molecule has 0 aliphatic heterocycles. The average molecular weight is 949 g/mol. The third-order valence-corrected chi connectivity index (χ3v) is 7.41. The number of alkyl halides is 29. The zero-order valence-electron chi connectivity index (χ0n) is 29.7. The molecule has 0 radical (unpaired) electrons. The quantitative estimate of drug-likeness (QED) is 0.120. The van der Waals surface area contributed by atoms with Gasteiger partial charge < -0.3 is 0 Å². The Morgan fingerprint density at radius 1 is 0.220 bits per heavy atom. The van der Waals surface area contributed by atoms with Crippen LogP contribution in [-0.2, 0) is 0 Å². The van der Waals surface area contributed by atoms with E-state index < -0.39 is 150 Å². The minimum absolute atomic E-state index is 0.00474. The average Bonchev–Trinajstić information content (AvgIpc) is 2.88. The van der Waals surface area contributed by atoms with Crippen molar-refractivity contribution in [2.24, 2.45) is 17.8 Å². The van der Waals surface area contributed by atoms with Gasteiger partial charge in [0, 0.05) is 57.8 Å². The summed E-state index contributed by atoms with van der Waals surface area (Å²) in [6, 6.07) is 0. The molecule has 0 fully saturated rings. The van der Waals surface area contributed by atoms with Gasteiger partial charge in [-0.25, -0.2) is 0 Å². The predicted molar refractivity (Wildman–Crippen MR) is 148 cm³/mol. The molecule has 0 bridgehead atoms. The molecule has 0 aliphatic rings. The van der Waals surface area contributed by atoms with E-state index >= 15 is 0 Å². The van der Waals surface area contributed by atoms with E-state index in [0.717, 1.165) is 0 Å². The van der Waals surface area contributed by atoms with Gasteiger partial charge in [-0.15, -0.1) is 0 Å². The van der Waals surface area contributed by atoms with Gasteiger partial charge >= 0.3 is 61.5 Å². The van der Waals surface area contributed by atoms with E-state index in [2.05, 4.69) is 0 Å². The first-order valence-electron chi connectivity index (χ1n) is 16.6. The maximum absolute atomic E-state index is 12.7. The summed E-state index contributed by atoms with van der Waals surface area (Å²) in [7, 11) is 0. The predicted octanol–water partition coefficient (Wildman–Crippen LogP) is 17.1. The monoisotopic (exact) mass is 948 g/mol. The zero-order valence-corrected chi connectivity index (χ0v) is 29.7. The third-order valence-electron chi connectivity index (χ3n) is 7.41. The molecule has 29 heteroatoms. The number of hydrogen-bond acceptors (Lipinski definition) is 0. The fourth-order valence-electron chi connectivity index (χ4n) is 4.97. The van der Waals surface area contributed by atoms with Crippen molar-refractivity contribution < 1.29 is 127 Å². The highest BCUT2D eigenvalue weighted by atomic mass is 19.4. The second kappa shape index (κ2) is 24.0. The Morgan fingerprint density at radius 2 is 0.458 bits per heavy atom. The minimum Gasteiger partial charge on any atom is -0.196 e.